The number of rotatable bonds is 4. The van der Waals surface area contributed by atoms with Crippen molar-refractivity contribution in [2.45, 2.75) is 18.4 Å². The van der Waals surface area contributed by atoms with Crippen molar-refractivity contribution in [3.63, 3.8) is 0 Å². The van der Waals surface area contributed by atoms with Crippen LogP contribution in [0, 0.1) is 0 Å². The molecule has 1 aromatic rings. The highest BCUT2D eigenvalue weighted by atomic mass is 16.5. The minimum absolute atomic E-state index is 0.306. The standard InChI is InChI=1S/C12H15NO3/c1-15-10-8(7-14)3-4-9(11(10)16-2)12(13)5-6-12/h3-4,7H,5-6,13H2,1-2H3. The molecule has 0 heterocycles. The molecule has 0 spiro atoms. The van der Waals surface area contributed by atoms with Crippen LogP contribution in [0.2, 0.25) is 0 Å². The van der Waals surface area contributed by atoms with Gasteiger partial charge in [0.05, 0.1) is 19.8 Å². The van der Waals surface area contributed by atoms with Gasteiger partial charge in [-0.15, -0.1) is 0 Å². The molecular weight excluding hydrogens is 206 g/mol. The fraction of sp³-hybridized carbons (Fsp3) is 0.417. The topological polar surface area (TPSA) is 61.5 Å². The summed E-state index contributed by atoms with van der Waals surface area (Å²) in [6, 6.07) is 3.56. The molecule has 0 saturated heterocycles. The van der Waals surface area contributed by atoms with Crippen LogP contribution >= 0.6 is 0 Å². The SMILES string of the molecule is COc1c(C=O)ccc(C2(N)CC2)c1OC. The van der Waals surface area contributed by atoms with E-state index in [0.29, 0.717) is 17.1 Å². The minimum Gasteiger partial charge on any atom is -0.492 e. The predicted molar refractivity (Wildman–Crippen MR) is 60.0 cm³/mol. The van der Waals surface area contributed by atoms with Crippen LogP contribution in [0.25, 0.3) is 0 Å². The fourth-order valence-electron chi connectivity index (χ4n) is 1.88. The Morgan fingerprint density at radius 2 is 1.88 bits per heavy atom. The first-order valence-corrected chi connectivity index (χ1v) is 5.16. The van der Waals surface area contributed by atoms with E-state index in [9.17, 15) is 4.79 Å². The second-order valence-corrected chi connectivity index (χ2v) is 4.04. The van der Waals surface area contributed by atoms with E-state index in [-0.39, 0.29) is 5.54 Å². The first-order chi connectivity index (χ1) is 7.66. The van der Waals surface area contributed by atoms with Gasteiger partial charge >= 0.3 is 0 Å². The lowest BCUT2D eigenvalue weighted by atomic mass is 10.0. The molecule has 86 valence electrons. The van der Waals surface area contributed by atoms with Gasteiger partial charge in [-0.3, -0.25) is 4.79 Å². The van der Waals surface area contributed by atoms with E-state index < -0.39 is 0 Å². The van der Waals surface area contributed by atoms with Gasteiger partial charge in [-0.2, -0.15) is 0 Å². The third-order valence-electron chi connectivity index (χ3n) is 3.00. The molecule has 0 aliphatic heterocycles. The van der Waals surface area contributed by atoms with E-state index in [1.165, 1.54) is 7.11 Å². The largest absolute Gasteiger partial charge is 0.492 e. The Bertz CT molecular complexity index is 425. The lowest BCUT2D eigenvalue weighted by molar-refractivity contribution is 0.112. The molecule has 0 amide bonds. The highest BCUT2D eigenvalue weighted by Crippen LogP contribution is 2.49. The third kappa shape index (κ3) is 1.55. The van der Waals surface area contributed by atoms with E-state index in [4.69, 9.17) is 15.2 Å². The molecule has 0 radical (unpaired) electrons. The van der Waals surface area contributed by atoms with Crippen molar-refractivity contribution < 1.29 is 14.3 Å². The highest BCUT2D eigenvalue weighted by Gasteiger charge is 2.43. The second kappa shape index (κ2) is 3.79. The molecule has 1 aliphatic rings. The Morgan fingerprint density at radius 3 is 2.31 bits per heavy atom. The molecule has 2 N–H and O–H groups in total. The van der Waals surface area contributed by atoms with E-state index >= 15 is 0 Å². The van der Waals surface area contributed by atoms with Crippen LogP contribution in [0.5, 0.6) is 11.5 Å². The summed E-state index contributed by atoms with van der Waals surface area (Å²) in [4.78, 5) is 10.9. The normalized spacial score (nSPS) is 16.7. The summed E-state index contributed by atoms with van der Waals surface area (Å²) < 4.78 is 10.5. The number of carbonyl (C=O) groups excluding carboxylic acids is 1. The molecule has 0 bridgehead atoms. The van der Waals surface area contributed by atoms with E-state index in [0.717, 1.165) is 24.7 Å². The maximum atomic E-state index is 10.9. The molecule has 1 aliphatic carbocycles. The minimum atomic E-state index is -0.306. The van der Waals surface area contributed by atoms with Crippen LogP contribution in [0.1, 0.15) is 28.8 Å². The first kappa shape index (κ1) is 11.0. The first-order valence-electron chi connectivity index (χ1n) is 5.16. The lowest BCUT2D eigenvalue weighted by Crippen LogP contribution is -2.20. The number of ether oxygens (including phenoxy) is 2. The predicted octanol–water partition coefficient (Wildman–Crippen LogP) is 1.46. The van der Waals surface area contributed by atoms with Gasteiger partial charge in [-0.05, 0) is 18.9 Å². The molecule has 4 nitrogen and oxygen atoms in total. The summed E-state index contributed by atoms with van der Waals surface area (Å²) in [7, 11) is 3.08. The van der Waals surface area contributed by atoms with Gasteiger partial charge in [0, 0.05) is 11.1 Å². The summed E-state index contributed by atoms with van der Waals surface area (Å²) in [6.07, 6.45) is 2.63. The quantitative estimate of drug-likeness (QED) is 0.782. The smallest absolute Gasteiger partial charge is 0.171 e. The zero-order valence-corrected chi connectivity index (χ0v) is 9.45. The Hall–Kier alpha value is -1.55. The van der Waals surface area contributed by atoms with Crippen molar-refractivity contribution in [1.29, 1.82) is 0 Å². The molecule has 1 aromatic carbocycles. The van der Waals surface area contributed by atoms with Gasteiger partial charge in [0.2, 0.25) is 0 Å². The van der Waals surface area contributed by atoms with Gasteiger partial charge in [0.15, 0.2) is 17.8 Å². The van der Waals surface area contributed by atoms with Crippen molar-refractivity contribution in [2.24, 2.45) is 5.73 Å². The van der Waals surface area contributed by atoms with Crippen molar-refractivity contribution in [1.82, 2.24) is 0 Å². The Labute approximate surface area is 94.3 Å². The van der Waals surface area contributed by atoms with Crippen LogP contribution in [0.15, 0.2) is 12.1 Å². The number of benzene rings is 1. The molecule has 4 heteroatoms. The number of aldehydes is 1. The van der Waals surface area contributed by atoms with Crippen LogP contribution in [-0.4, -0.2) is 20.5 Å². The van der Waals surface area contributed by atoms with Crippen molar-refractivity contribution >= 4 is 6.29 Å². The summed E-state index contributed by atoms with van der Waals surface area (Å²) in [5.74, 6) is 1.04. The molecule has 0 atom stereocenters. The number of hydrogen-bond acceptors (Lipinski definition) is 4. The average molecular weight is 221 g/mol. The Morgan fingerprint density at radius 1 is 1.25 bits per heavy atom. The zero-order chi connectivity index (χ0) is 11.8. The van der Waals surface area contributed by atoms with E-state index in [1.54, 1.807) is 13.2 Å². The molecule has 1 fully saturated rings. The molecule has 0 unspecified atom stereocenters. The fourth-order valence-corrected chi connectivity index (χ4v) is 1.88. The van der Waals surface area contributed by atoms with Gasteiger partial charge in [-0.25, -0.2) is 0 Å². The molecule has 1 saturated carbocycles. The summed E-state index contributed by atoms with van der Waals surface area (Å²) >= 11 is 0. The summed E-state index contributed by atoms with van der Waals surface area (Å²) in [5, 5.41) is 0. The van der Waals surface area contributed by atoms with Crippen LogP contribution in [0.3, 0.4) is 0 Å². The highest BCUT2D eigenvalue weighted by molar-refractivity contribution is 5.82. The zero-order valence-electron chi connectivity index (χ0n) is 9.45. The molecule has 16 heavy (non-hydrogen) atoms. The number of carbonyl (C=O) groups is 1. The van der Waals surface area contributed by atoms with E-state index in [1.807, 2.05) is 6.07 Å². The van der Waals surface area contributed by atoms with E-state index in [2.05, 4.69) is 0 Å². The van der Waals surface area contributed by atoms with Crippen molar-refractivity contribution in [3.05, 3.63) is 23.3 Å². The van der Waals surface area contributed by atoms with Crippen molar-refractivity contribution in [3.8, 4) is 11.5 Å². The van der Waals surface area contributed by atoms with Crippen LogP contribution in [0.4, 0.5) is 0 Å². The average Bonchev–Trinajstić information content (AvgIpc) is 3.06. The number of hydrogen-bond donors (Lipinski definition) is 1. The van der Waals surface area contributed by atoms with Gasteiger partial charge in [-0.1, -0.05) is 6.07 Å². The Balaban J connectivity index is 2.59. The van der Waals surface area contributed by atoms with Crippen molar-refractivity contribution in [2.75, 3.05) is 14.2 Å². The second-order valence-electron chi connectivity index (χ2n) is 4.04. The third-order valence-corrected chi connectivity index (χ3v) is 3.00. The molecular formula is C12H15NO3. The maximum absolute atomic E-state index is 10.9. The Kier molecular flexibility index (Phi) is 2.59. The number of nitrogens with two attached hydrogens (primary N) is 1. The van der Waals surface area contributed by atoms with Gasteiger partial charge in [0.1, 0.15) is 0 Å². The van der Waals surface area contributed by atoms with Crippen LogP contribution in [-0.2, 0) is 5.54 Å². The molecule has 2 rings (SSSR count). The van der Waals surface area contributed by atoms with Gasteiger partial charge in [0.25, 0.3) is 0 Å². The monoisotopic (exact) mass is 221 g/mol. The summed E-state index contributed by atoms with van der Waals surface area (Å²) in [6.45, 7) is 0. The molecule has 0 aromatic heterocycles. The maximum Gasteiger partial charge on any atom is 0.171 e. The number of methoxy groups -OCH3 is 2. The van der Waals surface area contributed by atoms with Crippen LogP contribution < -0.4 is 15.2 Å². The lowest BCUT2D eigenvalue weighted by Gasteiger charge is -2.18. The van der Waals surface area contributed by atoms with Gasteiger partial charge < -0.3 is 15.2 Å². The summed E-state index contributed by atoms with van der Waals surface area (Å²) in [5.41, 5.74) is 7.22.